The van der Waals surface area contributed by atoms with Crippen LogP contribution in [-0.4, -0.2) is 36.5 Å². The van der Waals surface area contributed by atoms with Gasteiger partial charge in [-0.3, -0.25) is 4.79 Å². The number of phenols is 2. The molecule has 1 aromatic carbocycles. The van der Waals surface area contributed by atoms with Gasteiger partial charge in [0.2, 0.25) is 0 Å². The van der Waals surface area contributed by atoms with E-state index in [1.54, 1.807) is 0 Å². The lowest BCUT2D eigenvalue weighted by molar-refractivity contribution is 0.102. The van der Waals surface area contributed by atoms with Gasteiger partial charge in [-0.25, -0.2) is 0 Å². The number of ketones is 1. The Morgan fingerprint density at radius 3 is 2.91 bits per heavy atom. The van der Waals surface area contributed by atoms with Crippen molar-refractivity contribution in [2.75, 3.05) is 5.75 Å². The second-order valence-corrected chi connectivity index (χ2v) is 6.22. The minimum absolute atomic E-state index is 0.0653. The first-order valence-electron chi connectivity index (χ1n) is 7.25. The summed E-state index contributed by atoms with van der Waals surface area (Å²) < 4.78 is 2.08. The third-order valence-electron chi connectivity index (χ3n) is 3.69. The van der Waals surface area contributed by atoms with E-state index in [0.717, 1.165) is 36.8 Å². The first-order chi connectivity index (χ1) is 10.6. The number of carbonyl (C=O) groups excluding carboxylic acids is 1. The quantitative estimate of drug-likeness (QED) is 0.664. The summed E-state index contributed by atoms with van der Waals surface area (Å²) in [6.45, 7) is 0.892. The summed E-state index contributed by atoms with van der Waals surface area (Å²) in [4.78, 5) is 12.2. The zero-order valence-corrected chi connectivity index (χ0v) is 12.8. The molecule has 6 nitrogen and oxygen atoms in total. The minimum Gasteiger partial charge on any atom is -0.508 e. The molecule has 0 radical (unpaired) electrons. The maximum atomic E-state index is 12.2. The Hall–Kier alpha value is -2.02. The number of benzene rings is 1. The average Bonchev–Trinajstić information content (AvgIpc) is 2.72. The molecule has 0 amide bonds. The van der Waals surface area contributed by atoms with Gasteiger partial charge in [0.25, 0.3) is 0 Å². The van der Waals surface area contributed by atoms with Gasteiger partial charge in [0.1, 0.15) is 17.3 Å². The summed E-state index contributed by atoms with van der Waals surface area (Å²) in [5, 5.41) is 28.1. The highest BCUT2D eigenvalue weighted by molar-refractivity contribution is 7.99. The predicted molar refractivity (Wildman–Crippen MR) is 82.4 cm³/mol. The highest BCUT2D eigenvalue weighted by atomic mass is 32.2. The molecule has 0 atom stereocenters. The summed E-state index contributed by atoms with van der Waals surface area (Å²) >= 11 is 1.33. The average molecular weight is 319 g/mol. The van der Waals surface area contributed by atoms with Crippen LogP contribution >= 0.6 is 11.8 Å². The van der Waals surface area contributed by atoms with Gasteiger partial charge in [0.15, 0.2) is 10.9 Å². The highest BCUT2D eigenvalue weighted by Crippen LogP contribution is 2.26. The van der Waals surface area contributed by atoms with Crippen LogP contribution < -0.4 is 0 Å². The molecule has 3 rings (SSSR count). The number of aromatic hydroxyl groups is 2. The number of carbonyl (C=O) groups is 1. The molecular weight excluding hydrogens is 302 g/mol. The maximum Gasteiger partial charge on any atom is 0.191 e. The van der Waals surface area contributed by atoms with Crippen LogP contribution in [0.25, 0.3) is 0 Å². The van der Waals surface area contributed by atoms with Crippen LogP contribution in [0.15, 0.2) is 23.4 Å². The number of aryl methyl sites for hydroxylation is 1. The lowest BCUT2D eigenvalue weighted by Gasteiger charge is -2.07. The van der Waals surface area contributed by atoms with E-state index in [1.807, 2.05) is 0 Å². The number of hydrogen-bond donors (Lipinski definition) is 2. The normalized spacial score (nSPS) is 14.4. The van der Waals surface area contributed by atoms with Crippen molar-refractivity contribution in [3.05, 3.63) is 29.6 Å². The largest absolute Gasteiger partial charge is 0.508 e. The van der Waals surface area contributed by atoms with E-state index in [2.05, 4.69) is 14.8 Å². The van der Waals surface area contributed by atoms with Crippen molar-refractivity contribution in [3.63, 3.8) is 0 Å². The fraction of sp³-hybridized carbons (Fsp3) is 0.400. The molecule has 0 saturated heterocycles. The molecule has 1 aromatic heterocycles. The van der Waals surface area contributed by atoms with E-state index < -0.39 is 0 Å². The summed E-state index contributed by atoms with van der Waals surface area (Å²) in [5.41, 5.74) is 0.209. The molecule has 2 heterocycles. The number of Topliss-reactive ketones (excluding diaryl/α,β-unsaturated/α-hetero) is 1. The number of aromatic nitrogens is 3. The van der Waals surface area contributed by atoms with E-state index in [-0.39, 0.29) is 28.6 Å². The lowest BCUT2D eigenvalue weighted by atomic mass is 10.1. The van der Waals surface area contributed by atoms with E-state index in [1.165, 1.54) is 36.4 Å². The predicted octanol–water partition coefficient (Wildman–Crippen LogP) is 2.39. The van der Waals surface area contributed by atoms with Crippen LogP contribution in [0.4, 0.5) is 0 Å². The van der Waals surface area contributed by atoms with Gasteiger partial charge in [0.05, 0.1) is 11.3 Å². The minimum atomic E-state index is -0.203. The molecule has 7 heteroatoms. The van der Waals surface area contributed by atoms with Crippen molar-refractivity contribution in [2.24, 2.45) is 0 Å². The second-order valence-electron chi connectivity index (χ2n) is 5.27. The number of hydrogen-bond acceptors (Lipinski definition) is 6. The molecule has 0 spiro atoms. The Kier molecular flexibility index (Phi) is 4.33. The van der Waals surface area contributed by atoms with Crippen LogP contribution in [0.5, 0.6) is 11.5 Å². The van der Waals surface area contributed by atoms with E-state index in [4.69, 9.17) is 0 Å². The first kappa shape index (κ1) is 14.9. The van der Waals surface area contributed by atoms with Crippen molar-refractivity contribution >= 4 is 17.5 Å². The molecule has 0 unspecified atom stereocenters. The van der Waals surface area contributed by atoms with Crippen molar-refractivity contribution in [3.8, 4) is 11.5 Å². The molecular formula is C15H17N3O3S. The van der Waals surface area contributed by atoms with E-state index >= 15 is 0 Å². The Balaban J connectivity index is 1.70. The molecule has 22 heavy (non-hydrogen) atoms. The number of nitrogens with zero attached hydrogens (tertiary/aromatic N) is 3. The highest BCUT2D eigenvalue weighted by Gasteiger charge is 2.18. The van der Waals surface area contributed by atoms with Crippen molar-refractivity contribution in [1.82, 2.24) is 14.8 Å². The summed E-state index contributed by atoms with van der Waals surface area (Å²) in [6.07, 6.45) is 4.35. The molecule has 0 fully saturated rings. The Morgan fingerprint density at radius 1 is 1.23 bits per heavy atom. The molecule has 2 aromatic rings. The number of phenolic OH excluding ortho intramolecular Hbond substituents is 2. The van der Waals surface area contributed by atoms with Crippen LogP contribution in [0.2, 0.25) is 0 Å². The zero-order chi connectivity index (χ0) is 15.5. The van der Waals surface area contributed by atoms with E-state index in [0.29, 0.717) is 0 Å². The lowest BCUT2D eigenvalue weighted by Crippen LogP contribution is -2.06. The van der Waals surface area contributed by atoms with Crippen LogP contribution in [0, 0.1) is 0 Å². The van der Waals surface area contributed by atoms with Gasteiger partial charge >= 0.3 is 0 Å². The fourth-order valence-corrected chi connectivity index (χ4v) is 3.40. The van der Waals surface area contributed by atoms with Crippen LogP contribution in [-0.2, 0) is 13.0 Å². The molecule has 0 saturated carbocycles. The summed E-state index contributed by atoms with van der Waals surface area (Å²) in [5.74, 6) is 0.694. The van der Waals surface area contributed by atoms with Crippen molar-refractivity contribution < 1.29 is 15.0 Å². The standard InChI is InChI=1S/C15H17N3O3S/c19-10-5-6-11(12(20)8-10)13(21)9-22-15-17-16-14-4-2-1-3-7-18(14)15/h5-6,8,19-20H,1-4,7,9H2. The Bertz CT molecular complexity index is 699. The summed E-state index contributed by atoms with van der Waals surface area (Å²) in [7, 11) is 0. The van der Waals surface area contributed by atoms with Gasteiger partial charge in [-0.05, 0) is 25.0 Å². The second kappa shape index (κ2) is 6.39. The SMILES string of the molecule is O=C(CSc1nnc2n1CCCCC2)c1ccc(O)cc1O. The van der Waals surface area contributed by atoms with E-state index in [9.17, 15) is 15.0 Å². The third kappa shape index (κ3) is 3.09. The molecule has 116 valence electrons. The first-order valence-corrected chi connectivity index (χ1v) is 8.24. The molecule has 1 aliphatic heterocycles. The summed E-state index contributed by atoms with van der Waals surface area (Å²) in [6, 6.07) is 3.99. The molecule has 2 N–H and O–H groups in total. The van der Waals surface area contributed by atoms with Gasteiger partial charge < -0.3 is 14.8 Å². The molecule has 0 bridgehead atoms. The number of fused-ring (bicyclic) bond motifs is 1. The van der Waals surface area contributed by atoms with Crippen molar-refractivity contribution in [1.29, 1.82) is 0 Å². The fourth-order valence-electron chi connectivity index (χ4n) is 2.53. The van der Waals surface area contributed by atoms with Gasteiger partial charge in [-0.15, -0.1) is 10.2 Å². The smallest absolute Gasteiger partial charge is 0.191 e. The molecule has 1 aliphatic rings. The Labute approximate surface area is 132 Å². The maximum absolute atomic E-state index is 12.2. The Morgan fingerprint density at radius 2 is 2.09 bits per heavy atom. The topological polar surface area (TPSA) is 88.2 Å². The number of thioether (sulfide) groups is 1. The van der Waals surface area contributed by atoms with Crippen molar-refractivity contribution in [2.45, 2.75) is 37.4 Å². The van der Waals surface area contributed by atoms with Gasteiger partial charge in [-0.2, -0.15) is 0 Å². The van der Waals surface area contributed by atoms with Gasteiger partial charge in [-0.1, -0.05) is 18.2 Å². The monoisotopic (exact) mass is 319 g/mol. The third-order valence-corrected chi connectivity index (χ3v) is 4.66. The molecule has 0 aliphatic carbocycles. The van der Waals surface area contributed by atoms with Crippen LogP contribution in [0.1, 0.15) is 35.4 Å². The van der Waals surface area contributed by atoms with Gasteiger partial charge in [0, 0.05) is 19.0 Å². The van der Waals surface area contributed by atoms with Crippen LogP contribution in [0.3, 0.4) is 0 Å². The number of rotatable bonds is 4. The zero-order valence-electron chi connectivity index (χ0n) is 12.0.